The Balaban J connectivity index is 2.23. The molecule has 0 aliphatic rings. The number of halogens is 3. The number of carbonyl (C=O) groups is 1. The summed E-state index contributed by atoms with van der Waals surface area (Å²) in [4.78, 5) is 12.6. The Labute approximate surface area is 169 Å². The van der Waals surface area contributed by atoms with Gasteiger partial charge >= 0.3 is 6.18 Å². The van der Waals surface area contributed by atoms with Crippen LogP contribution in [0.4, 0.5) is 13.2 Å². The predicted molar refractivity (Wildman–Crippen MR) is 106 cm³/mol. The lowest BCUT2D eigenvalue weighted by Crippen LogP contribution is -2.37. The smallest absolute Gasteiger partial charge is 0.351 e. The predicted octanol–water partition coefficient (Wildman–Crippen LogP) is 4.60. The van der Waals surface area contributed by atoms with Crippen molar-refractivity contribution >= 4 is 15.7 Å². The van der Waals surface area contributed by atoms with Crippen molar-refractivity contribution in [2.24, 2.45) is 0 Å². The first-order valence-corrected chi connectivity index (χ1v) is 10.8. The fourth-order valence-corrected chi connectivity index (χ4v) is 4.46. The molecule has 1 N–H and O–H groups in total. The molecule has 0 bridgehead atoms. The molecular weight excluding hydrogens is 403 g/mol. The zero-order valence-corrected chi connectivity index (χ0v) is 17.3. The van der Waals surface area contributed by atoms with Crippen LogP contribution in [0.1, 0.15) is 48.7 Å². The molecule has 4 nitrogen and oxygen atoms in total. The highest BCUT2D eigenvalue weighted by molar-refractivity contribution is 7.91. The zero-order chi connectivity index (χ0) is 21.9. The van der Waals surface area contributed by atoms with Crippen LogP contribution < -0.4 is 5.32 Å². The molecular formula is C21H24F3NO3S. The van der Waals surface area contributed by atoms with E-state index in [0.717, 1.165) is 12.1 Å². The molecule has 158 valence electrons. The van der Waals surface area contributed by atoms with E-state index < -0.39 is 32.9 Å². The maximum Gasteiger partial charge on any atom is 0.416 e. The van der Waals surface area contributed by atoms with E-state index in [1.807, 2.05) is 0 Å². The quantitative estimate of drug-likeness (QED) is 0.703. The summed E-state index contributed by atoms with van der Waals surface area (Å²) in [7, 11) is -3.60. The average Bonchev–Trinajstić information content (AvgIpc) is 2.65. The van der Waals surface area contributed by atoms with Crippen molar-refractivity contribution in [3.05, 3.63) is 65.2 Å². The second-order valence-corrected chi connectivity index (χ2v) is 9.54. The third-order valence-corrected chi connectivity index (χ3v) is 6.57. The number of amides is 1. The molecule has 0 saturated heterocycles. The van der Waals surface area contributed by atoms with Crippen LogP contribution in [-0.4, -0.2) is 26.6 Å². The molecule has 2 rings (SSSR count). The van der Waals surface area contributed by atoms with Gasteiger partial charge in [-0.2, -0.15) is 13.2 Å². The second kappa shape index (κ2) is 8.57. The van der Waals surface area contributed by atoms with E-state index in [-0.39, 0.29) is 22.8 Å². The van der Waals surface area contributed by atoms with E-state index in [1.165, 1.54) is 18.2 Å². The zero-order valence-electron chi connectivity index (χ0n) is 16.5. The first kappa shape index (κ1) is 22.9. The van der Waals surface area contributed by atoms with Gasteiger partial charge in [0.05, 0.1) is 21.8 Å². The van der Waals surface area contributed by atoms with Gasteiger partial charge in [0, 0.05) is 12.0 Å². The Morgan fingerprint density at radius 1 is 1.00 bits per heavy atom. The number of rotatable bonds is 7. The van der Waals surface area contributed by atoms with Crippen LogP contribution in [0.25, 0.3) is 0 Å². The van der Waals surface area contributed by atoms with Gasteiger partial charge < -0.3 is 5.32 Å². The Morgan fingerprint density at radius 3 is 2.24 bits per heavy atom. The normalized spacial score (nSPS) is 12.6. The summed E-state index contributed by atoms with van der Waals surface area (Å²) in [5.74, 6) is -0.659. The maximum atomic E-state index is 13.0. The number of nitrogens with one attached hydrogen (secondary N) is 1. The first-order chi connectivity index (χ1) is 13.4. The second-order valence-electron chi connectivity index (χ2n) is 7.46. The van der Waals surface area contributed by atoms with Gasteiger partial charge in [-0.25, -0.2) is 8.42 Å². The van der Waals surface area contributed by atoms with E-state index in [9.17, 15) is 26.4 Å². The van der Waals surface area contributed by atoms with Crippen LogP contribution in [0.2, 0.25) is 0 Å². The number of hydrogen-bond acceptors (Lipinski definition) is 3. The van der Waals surface area contributed by atoms with Gasteiger partial charge in [-0.1, -0.05) is 51.1 Å². The Morgan fingerprint density at radius 2 is 1.62 bits per heavy atom. The van der Waals surface area contributed by atoms with Crippen LogP contribution in [0.5, 0.6) is 0 Å². The fraction of sp³-hybridized carbons (Fsp3) is 0.381. The summed E-state index contributed by atoms with van der Waals surface area (Å²) in [6.45, 7) is 5.19. The lowest BCUT2D eigenvalue weighted by atomic mass is 9.83. The first-order valence-electron chi connectivity index (χ1n) is 9.16. The number of benzene rings is 2. The molecule has 2 aromatic rings. The molecule has 2 aromatic carbocycles. The minimum Gasteiger partial charge on any atom is -0.351 e. The summed E-state index contributed by atoms with van der Waals surface area (Å²) in [6.07, 6.45) is -4.04. The lowest BCUT2D eigenvalue weighted by Gasteiger charge is -2.26. The Hall–Kier alpha value is -2.35. The van der Waals surface area contributed by atoms with Gasteiger partial charge in [-0.15, -0.1) is 0 Å². The maximum absolute atomic E-state index is 13.0. The van der Waals surface area contributed by atoms with Crippen LogP contribution in [0.15, 0.2) is 53.4 Å². The SMILES string of the molecule is CCCS(=O)(=O)c1ccccc1C(=O)NCC(C)(C)c1cccc(C(F)(F)F)c1. The molecule has 29 heavy (non-hydrogen) atoms. The van der Waals surface area contributed by atoms with Crippen molar-refractivity contribution < 1.29 is 26.4 Å². The van der Waals surface area contributed by atoms with Crippen LogP contribution >= 0.6 is 0 Å². The summed E-state index contributed by atoms with van der Waals surface area (Å²) in [6, 6.07) is 10.9. The topological polar surface area (TPSA) is 63.2 Å². The molecule has 0 unspecified atom stereocenters. The van der Waals surface area contributed by atoms with Gasteiger partial charge in [0.1, 0.15) is 0 Å². The minimum atomic E-state index is -4.46. The van der Waals surface area contributed by atoms with Gasteiger partial charge in [0.15, 0.2) is 9.84 Å². The van der Waals surface area contributed by atoms with Crippen molar-refractivity contribution in [2.75, 3.05) is 12.3 Å². The van der Waals surface area contributed by atoms with E-state index in [0.29, 0.717) is 12.0 Å². The molecule has 0 heterocycles. The van der Waals surface area contributed by atoms with Gasteiger partial charge in [-0.05, 0) is 30.2 Å². The molecule has 0 fully saturated rings. The van der Waals surface area contributed by atoms with Gasteiger partial charge in [0.25, 0.3) is 5.91 Å². The van der Waals surface area contributed by atoms with Crippen molar-refractivity contribution in [1.82, 2.24) is 5.32 Å². The number of sulfone groups is 1. The molecule has 0 aliphatic heterocycles. The Kier molecular flexibility index (Phi) is 6.78. The summed E-state index contributed by atoms with van der Waals surface area (Å²) in [5, 5.41) is 2.67. The van der Waals surface area contributed by atoms with Gasteiger partial charge in [0.2, 0.25) is 0 Å². The third-order valence-electron chi connectivity index (χ3n) is 4.60. The molecule has 1 amide bonds. The summed E-state index contributed by atoms with van der Waals surface area (Å²) < 4.78 is 63.8. The molecule has 0 aliphatic carbocycles. The molecule has 8 heteroatoms. The van der Waals surface area contributed by atoms with Crippen molar-refractivity contribution in [1.29, 1.82) is 0 Å². The molecule has 0 spiro atoms. The summed E-state index contributed by atoms with van der Waals surface area (Å²) >= 11 is 0. The molecule has 0 atom stereocenters. The minimum absolute atomic E-state index is 0.0285. The number of carbonyl (C=O) groups excluding carboxylic acids is 1. The van der Waals surface area contributed by atoms with Crippen LogP contribution in [-0.2, 0) is 21.4 Å². The van der Waals surface area contributed by atoms with Crippen molar-refractivity contribution in [3.8, 4) is 0 Å². The average molecular weight is 427 g/mol. The van der Waals surface area contributed by atoms with E-state index >= 15 is 0 Å². The van der Waals surface area contributed by atoms with E-state index in [2.05, 4.69) is 5.32 Å². The molecule has 0 radical (unpaired) electrons. The molecule has 0 aromatic heterocycles. The highest BCUT2D eigenvalue weighted by Gasteiger charge is 2.32. The standard InChI is InChI=1S/C21H24F3NO3S/c1-4-12-29(27,28)18-11-6-5-10-17(18)19(26)25-14-20(2,3)15-8-7-9-16(13-15)21(22,23)24/h5-11,13H,4,12,14H2,1-3H3,(H,25,26). The Bertz CT molecular complexity index is 983. The van der Waals surface area contributed by atoms with Gasteiger partial charge in [-0.3, -0.25) is 4.79 Å². The monoisotopic (exact) mass is 427 g/mol. The summed E-state index contributed by atoms with van der Waals surface area (Å²) in [5.41, 5.74) is -1.11. The van der Waals surface area contributed by atoms with Crippen molar-refractivity contribution in [3.63, 3.8) is 0 Å². The fourth-order valence-electron chi connectivity index (χ4n) is 2.92. The number of hydrogen-bond donors (Lipinski definition) is 1. The van der Waals surface area contributed by atoms with E-state index in [4.69, 9.17) is 0 Å². The number of alkyl halides is 3. The van der Waals surface area contributed by atoms with E-state index in [1.54, 1.807) is 39.0 Å². The largest absolute Gasteiger partial charge is 0.416 e. The lowest BCUT2D eigenvalue weighted by molar-refractivity contribution is -0.137. The van der Waals surface area contributed by atoms with Crippen LogP contribution in [0.3, 0.4) is 0 Å². The van der Waals surface area contributed by atoms with Crippen molar-refractivity contribution in [2.45, 2.75) is 43.7 Å². The highest BCUT2D eigenvalue weighted by Crippen LogP contribution is 2.32. The highest BCUT2D eigenvalue weighted by atomic mass is 32.2. The third kappa shape index (κ3) is 5.59. The van der Waals surface area contributed by atoms with Crippen LogP contribution in [0, 0.1) is 0 Å². The molecule has 0 saturated carbocycles.